The molecular weight excluding hydrogens is 1100 g/mol. The second-order valence-electron chi connectivity index (χ2n) is 25.1. The zero-order chi connectivity index (χ0) is 59.3. The second kappa shape index (κ2) is 25.9. The molecule has 4 fully saturated rings. The number of unbranched alkanes of at least 4 members (excludes halogenated alkanes) is 7. The topological polar surface area (TPSA) is 246 Å². The van der Waals surface area contributed by atoms with Gasteiger partial charge in [0.05, 0.1) is 32.8 Å². The predicted octanol–water partition coefficient (Wildman–Crippen LogP) is 7.84. The molecule has 10 rings (SSSR count). The number of nitrogens with one attached hydrogen (secondary N) is 3. The van der Waals surface area contributed by atoms with E-state index in [0.29, 0.717) is 49.0 Å². The third-order valence-electron chi connectivity index (χ3n) is 17.0. The van der Waals surface area contributed by atoms with Gasteiger partial charge in [-0.15, -0.1) is 16.4 Å². The number of benzene rings is 2. The molecule has 2 aromatic carbocycles. The van der Waals surface area contributed by atoms with E-state index in [-0.39, 0.29) is 59.5 Å². The predicted molar refractivity (Wildman–Crippen MR) is 322 cm³/mol. The number of nitrogens with zero attached hydrogens (tertiary/aromatic N) is 11. The van der Waals surface area contributed by atoms with Crippen molar-refractivity contribution in [2.24, 2.45) is 10.8 Å². The van der Waals surface area contributed by atoms with Crippen molar-refractivity contribution in [1.82, 2.24) is 64.2 Å². The van der Waals surface area contributed by atoms with E-state index in [4.69, 9.17) is 4.98 Å². The number of aliphatic hydroxyl groups is 1. The van der Waals surface area contributed by atoms with Crippen LogP contribution >= 0.6 is 11.3 Å². The molecule has 4 aliphatic rings. The van der Waals surface area contributed by atoms with Gasteiger partial charge in [0.2, 0.25) is 33.7 Å². The maximum atomic E-state index is 14.1. The summed E-state index contributed by atoms with van der Waals surface area (Å²) in [6.07, 6.45) is 15.6. The molecule has 6 aromatic rings. The number of hydrogen-bond acceptors (Lipinski definition) is 15. The van der Waals surface area contributed by atoms with Crippen molar-refractivity contribution in [3.8, 4) is 10.4 Å². The first-order valence-corrected chi connectivity index (χ1v) is 32.2. The van der Waals surface area contributed by atoms with Gasteiger partial charge in [0.1, 0.15) is 23.4 Å². The van der Waals surface area contributed by atoms with Gasteiger partial charge in [-0.25, -0.2) is 18.4 Å². The van der Waals surface area contributed by atoms with E-state index in [2.05, 4.69) is 45.7 Å². The van der Waals surface area contributed by atoms with E-state index in [9.17, 15) is 32.7 Å². The average Bonchev–Trinajstić information content (AvgIpc) is 1.10. The van der Waals surface area contributed by atoms with Crippen LogP contribution in [-0.2, 0) is 44.0 Å². The lowest BCUT2D eigenvalue weighted by Gasteiger charge is -2.59. The zero-order valence-electron chi connectivity index (χ0n) is 49.4. The minimum atomic E-state index is -3.66. The maximum absolute atomic E-state index is 14.1. The highest BCUT2D eigenvalue weighted by atomic mass is 32.2. The number of fused-ring (bicyclic) bond motifs is 1. The molecule has 3 aliphatic heterocycles. The molecule has 7 heterocycles. The van der Waals surface area contributed by atoms with Gasteiger partial charge in [-0.2, -0.15) is 9.29 Å². The molecule has 1 saturated carbocycles. The van der Waals surface area contributed by atoms with Crippen LogP contribution in [0.2, 0.25) is 0 Å². The standard InChI is InChI=1S/C61H82N14O7S2/c1-41-53(83-40-64-41)43-22-20-42(21-23-43)31-62-56(78)50-30-48(76)35-74(50)58(80)54(60(2,3)4)66-52(77)19-13-11-9-7-8-10-12-16-28-72-34-46(68-69-72)33-71-36-61(37-71)38-73(39-61)84(81,82)49-26-24-45(25-27-49)65-59-63-32-44-29-51(57(79)70(5)6)75(55(44)67-59)47-17-14-15-18-47/h20-27,29,32,34,40,47-48,50,54,76H,7-19,28,30-31,33,35-39H2,1-6H3,(H,62,78)(H,66,77)(H,63,65,67)/t48-,50+,54-/m1/s1. The molecule has 21 nitrogen and oxygen atoms in total. The number of β-amino-alcohol motifs (C(OH)–C–C–N with tert-alkyl or cyclic N) is 1. The highest BCUT2D eigenvalue weighted by Gasteiger charge is 2.55. The summed E-state index contributed by atoms with van der Waals surface area (Å²) in [6, 6.07) is 15.0. The third-order valence-corrected chi connectivity index (χ3v) is 19.8. The van der Waals surface area contributed by atoms with E-state index in [1.165, 1.54) is 4.90 Å². The van der Waals surface area contributed by atoms with E-state index in [0.717, 1.165) is 129 Å². The van der Waals surface area contributed by atoms with Gasteiger partial charge in [0.25, 0.3) is 5.91 Å². The number of aliphatic hydroxyl groups excluding tert-OH is 1. The molecule has 1 aliphatic carbocycles. The molecule has 4 amide bonds. The van der Waals surface area contributed by atoms with Crippen molar-refractivity contribution in [2.75, 3.05) is 52.1 Å². The van der Waals surface area contributed by atoms with Crippen LogP contribution in [0.5, 0.6) is 0 Å². The number of aryl methyl sites for hydroxylation is 2. The number of aromatic nitrogens is 7. The van der Waals surface area contributed by atoms with Crippen LogP contribution in [0.1, 0.15) is 144 Å². The summed E-state index contributed by atoms with van der Waals surface area (Å²) in [5.74, 6) is -0.582. The molecule has 4 aromatic heterocycles. The van der Waals surface area contributed by atoms with Crippen LogP contribution in [0.4, 0.5) is 11.6 Å². The number of likely N-dealkylation sites (tertiary alicyclic amines) is 2. The number of sulfonamides is 1. The Kier molecular flexibility index (Phi) is 18.6. The Balaban J connectivity index is 0.580. The van der Waals surface area contributed by atoms with Crippen molar-refractivity contribution in [2.45, 2.75) is 166 Å². The second-order valence-corrected chi connectivity index (χ2v) is 27.9. The lowest BCUT2D eigenvalue weighted by molar-refractivity contribution is -0.144. The Bertz CT molecular complexity index is 3390. The summed E-state index contributed by atoms with van der Waals surface area (Å²) >= 11 is 1.58. The van der Waals surface area contributed by atoms with Gasteiger partial charge >= 0.3 is 0 Å². The number of anilines is 2. The molecule has 3 saturated heterocycles. The van der Waals surface area contributed by atoms with Gasteiger partial charge in [0.15, 0.2) is 0 Å². The molecule has 0 bridgehead atoms. The highest BCUT2D eigenvalue weighted by Crippen LogP contribution is 2.43. The van der Waals surface area contributed by atoms with Gasteiger partial charge < -0.3 is 35.4 Å². The Hall–Kier alpha value is -6.66. The van der Waals surface area contributed by atoms with Gasteiger partial charge in [-0.1, -0.05) is 102 Å². The highest BCUT2D eigenvalue weighted by molar-refractivity contribution is 7.89. The molecule has 0 unspecified atom stereocenters. The number of thiazole rings is 1. The van der Waals surface area contributed by atoms with Gasteiger partial charge in [-0.05, 0) is 79.5 Å². The van der Waals surface area contributed by atoms with Crippen LogP contribution < -0.4 is 16.0 Å². The molecule has 450 valence electrons. The van der Waals surface area contributed by atoms with Crippen LogP contribution in [-0.4, -0.2) is 156 Å². The fourth-order valence-electron chi connectivity index (χ4n) is 12.5. The van der Waals surface area contributed by atoms with Gasteiger partial charge in [-0.3, -0.25) is 28.8 Å². The Labute approximate surface area is 497 Å². The third kappa shape index (κ3) is 14.0. The maximum Gasteiger partial charge on any atom is 0.270 e. The normalized spacial score (nSPS) is 18.7. The number of carbonyl (C=O) groups is 4. The lowest BCUT2D eigenvalue weighted by Crippen LogP contribution is -2.72. The monoisotopic (exact) mass is 1190 g/mol. The molecule has 1 spiro atoms. The largest absolute Gasteiger partial charge is 0.391 e. The summed E-state index contributed by atoms with van der Waals surface area (Å²) < 4.78 is 32.9. The van der Waals surface area contributed by atoms with E-state index >= 15 is 0 Å². The molecule has 0 radical (unpaired) electrons. The van der Waals surface area contributed by atoms with E-state index in [1.54, 1.807) is 65.1 Å². The SMILES string of the molecule is Cc1ncsc1-c1ccc(CNC(=O)[C@@H]2C[C@@H](O)CN2C(=O)[C@@H](NC(=O)CCCCCCCCCCn2cc(CN3CC4(C3)CN(S(=O)(=O)c3ccc(Nc5ncc6cc(C(=O)N(C)C)n(C7CCCC7)c6n5)cc3)C4)nn2)C(C)(C)C)cc1. The van der Waals surface area contributed by atoms with Crippen molar-refractivity contribution in [3.63, 3.8) is 0 Å². The summed E-state index contributed by atoms with van der Waals surface area (Å²) in [5, 5.41) is 29.4. The van der Waals surface area contributed by atoms with Crippen molar-refractivity contribution >= 4 is 67.7 Å². The molecule has 84 heavy (non-hydrogen) atoms. The molecular formula is C61H82N14O7S2. The van der Waals surface area contributed by atoms with Crippen LogP contribution in [0.25, 0.3) is 21.5 Å². The van der Waals surface area contributed by atoms with Crippen molar-refractivity contribution in [1.29, 1.82) is 0 Å². The zero-order valence-corrected chi connectivity index (χ0v) is 51.1. The lowest BCUT2D eigenvalue weighted by atomic mass is 9.74. The first-order valence-electron chi connectivity index (χ1n) is 29.9. The number of rotatable bonds is 25. The van der Waals surface area contributed by atoms with Crippen LogP contribution in [0.3, 0.4) is 0 Å². The van der Waals surface area contributed by atoms with Gasteiger partial charge in [0, 0.05) is 114 Å². The fraction of sp³-hybridized carbons (Fsp3) is 0.557. The smallest absolute Gasteiger partial charge is 0.270 e. The fourth-order valence-corrected chi connectivity index (χ4v) is 14.9. The number of carbonyl (C=O) groups excluding carboxylic acids is 4. The number of amides is 4. The minimum Gasteiger partial charge on any atom is -0.391 e. The summed E-state index contributed by atoms with van der Waals surface area (Å²) in [6.45, 7) is 12.0. The minimum absolute atomic E-state index is 0.0302. The van der Waals surface area contributed by atoms with E-state index < -0.39 is 33.6 Å². The van der Waals surface area contributed by atoms with Crippen molar-refractivity contribution in [3.05, 3.63) is 95.1 Å². The average molecular weight is 1190 g/mol. The summed E-state index contributed by atoms with van der Waals surface area (Å²) in [4.78, 5) is 74.3. The Morgan fingerprint density at radius 1 is 0.893 bits per heavy atom. The van der Waals surface area contributed by atoms with Crippen LogP contribution in [0.15, 0.2) is 77.4 Å². The first kappa shape index (κ1) is 60.5. The Morgan fingerprint density at radius 2 is 1.58 bits per heavy atom. The first-order chi connectivity index (χ1) is 40.2. The molecule has 4 N–H and O–H groups in total. The molecule has 23 heteroatoms. The molecule has 3 atom stereocenters. The summed E-state index contributed by atoms with van der Waals surface area (Å²) in [7, 11) is -0.161. The van der Waals surface area contributed by atoms with Crippen molar-refractivity contribution < 1.29 is 32.7 Å². The summed E-state index contributed by atoms with van der Waals surface area (Å²) in [5.41, 5.74) is 6.99. The van der Waals surface area contributed by atoms with Crippen LogP contribution in [0, 0.1) is 17.8 Å². The number of hydrogen-bond donors (Lipinski definition) is 4. The quantitative estimate of drug-likeness (QED) is 0.0399. The Morgan fingerprint density at radius 3 is 2.25 bits per heavy atom. The van der Waals surface area contributed by atoms with E-state index in [1.807, 2.05) is 74.4 Å².